The summed E-state index contributed by atoms with van der Waals surface area (Å²) in [5, 5.41) is 3.15. The zero-order valence-corrected chi connectivity index (χ0v) is 11.6. The van der Waals surface area contributed by atoms with Crippen LogP contribution in [0.3, 0.4) is 0 Å². The van der Waals surface area contributed by atoms with Gasteiger partial charge in [0.15, 0.2) is 0 Å². The van der Waals surface area contributed by atoms with Crippen LogP contribution >= 0.6 is 12.4 Å². The van der Waals surface area contributed by atoms with Crippen molar-refractivity contribution in [1.82, 2.24) is 5.32 Å². The van der Waals surface area contributed by atoms with E-state index >= 15 is 0 Å². The molecule has 0 fully saturated rings. The molecule has 0 saturated heterocycles. The molecule has 0 unspecified atom stereocenters. The van der Waals surface area contributed by atoms with Crippen LogP contribution in [-0.2, 0) is 16.1 Å². The van der Waals surface area contributed by atoms with Crippen molar-refractivity contribution >= 4 is 18.4 Å². The molecule has 0 heterocycles. The number of ether oxygens (including phenoxy) is 1. The van der Waals surface area contributed by atoms with E-state index in [1.165, 1.54) is 19.2 Å². The maximum absolute atomic E-state index is 12.7. The number of hydrogen-bond acceptors (Lipinski definition) is 3. The highest BCUT2D eigenvalue weighted by Gasteiger charge is 2.27. The second-order valence-electron chi connectivity index (χ2n) is 4.61. The first-order valence-electron chi connectivity index (χ1n) is 5.49. The summed E-state index contributed by atoms with van der Waals surface area (Å²) in [5.41, 5.74) is 0.418. The van der Waals surface area contributed by atoms with Crippen molar-refractivity contribution in [2.45, 2.75) is 20.4 Å². The Labute approximate surface area is 113 Å². The highest BCUT2D eigenvalue weighted by Crippen LogP contribution is 2.15. The molecule has 0 saturated carbocycles. The molecule has 0 amide bonds. The first kappa shape index (κ1) is 16.9. The molecule has 0 aliphatic rings. The van der Waals surface area contributed by atoms with Crippen molar-refractivity contribution in [3.8, 4) is 0 Å². The summed E-state index contributed by atoms with van der Waals surface area (Å²) in [6.07, 6.45) is 0. The molecule has 0 aliphatic carbocycles. The van der Waals surface area contributed by atoms with E-state index in [9.17, 15) is 9.18 Å². The van der Waals surface area contributed by atoms with Gasteiger partial charge in [-0.1, -0.05) is 12.1 Å². The van der Waals surface area contributed by atoms with Crippen LogP contribution in [-0.4, -0.2) is 19.6 Å². The minimum absolute atomic E-state index is 0. The third-order valence-corrected chi connectivity index (χ3v) is 2.55. The van der Waals surface area contributed by atoms with E-state index in [4.69, 9.17) is 4.74 Å². The molecule has 102 valence electrons. The van der Waals surface area contributed by atoms with Crippen molar-refractivity contribution < 1.29 is 13.9 Å². The van der Waals surface area contributed by atoms with Crippen LogP contribution in [0.2, 0.25) is 0 Å². The Morgan fingerprint density at radius 1 is 1.33 bits per heavy atom. The van der Waals surface area contributed by atoms with E-state index in [0.717, 1.165) is 5.56 Å². The largest absolute Gasteiger partial charge is 0.469 e. The van der Waals surface area contributed by atoms with Crippen LogP contribution in [0.25, 0.3) is 0 Å². The molecular formula is C13H19ClFNO2. The van der Waals surface area contributed by atoms with Crippen molar-refractivity contribution in [2.75, 3.05) is 13.7 Å². The molecule has 5 heteroatoms. The van der Waals surface area contributed by atoms with E-state index in [1.54, 1.807) is 12.1 Å². The number of carbonyl (C=O) groups excluding carboxylic acids is 1. The summed E-state index contributed by atoms with van der Waals surface area (Å²) in [4.78, 5) is 11.4. The van der Waals surface area contributed by atoms with E-state index in [0.29, 0.717) is 13.1 Å². The Hall–Kier alpha value is -1.13. The maximum atomic E-state index is 12.7. The van der Waals surface area contributed by atoms with Crippen molar-refractivity contribution in [3.63, 3.8) is 0 Å². The van der Waals surface area contributed by atoms with E-state index in [-0.39, 0.29) is 24.2 Å². The van der Waals surface area contributed by atoms with E-state index < -0.39 is 5.41 Å². The highest BCUT2D eigenvalue weighted by molar-refractivity contribution is 5.85. The molecule has 3 nitrogen and oxygen atoms in total. The van der Waals surface area contributed by atoms with Gasteiger partial charge in [0.2, 0.25) is 0 Å². The van der Waals surface area contributed by atoms with Gasteiger partial charge in [0.25, 0.3) is 0 Å². The molecule has 0 aliphatic heterocycles. The fourth-order valence-electron chi connectivity index (χ4n) is 1.47. The van der Waals surface area contributed by atoms with Gasteiger partial charge < -0.3 is 10.1 Å². The van der Waals surface area contributed by atoms with Gasteiger partial charge in [-0.15, -0.1) is 12.4 Å². The second kappa shape index (κ2) is 7.34. The predicted molar refractivity (Wildman–Crippen MR) is 71.2 cm³/mol. The van der Waals surface area contributed by atoms with Gasteiger partial charge in [0, 0.05) is 13.1 Å². The van der Waals surface area contributed by atoms with Gasteiger partial charge in [0.1, 0.15) is 5.82 Å². The Kier molecular flexibility index (Phi) is 6.88. The second-order valence-corrected chi connectivity index (χ2v) is 4.61. The zero-order chi connectivity index (χ0) is 12.9. The average Bonchev–Trinajstić information content (AvgIpc) is 2.30. The number of nitrogens with one attached hydrogen (secondary N) is 1. The molecule has 18 heavy (non-hydrogen) atoms. The van der Waals surface area contributed by atoms with Crippen LogP contribution in [0, 0.1) is 11.2 Å². The Balaban J connectivity index is 0.00000289. The smallest absolute Gasteiger partial charge is 0.312 e. The molecule has 0 bridgehead atoms. The Morgan fingerprint density at radius 2 is 1.89 bits per heavy atom. The SMILES string of the molecule is COC(=O)C(C)(C)CNCc1ccc(F)cc1.Cl. The lowest BCUT2D eigenvalue weighted by molar-refractivity contribution is -0.150. The standard InChI is InChI=1S/C13H18FNO2.ClH/c1-13(2,12(16)17-3)9-15-8-10-4-6-11(14)7-5-10;/h4-7,15H,8-9H2,1-3H3;1H. The first-order chi connectivity index (χ1) is 7.95. The van der Waals surface area contributed by atoms with E-state index in [1.807, 2.05) is 13.8 Å². The van der Waals surface area contributed by atoms with Gasteiger partial charge >= 0.3 is 5.97 Å². The molecule has 0 radical (unpaired) electrons. The number of benzene rings is 1. The Morgan fingerprint density at radius 3 is 2.39 bits per heavy atom. The number of esters is 1. The fourth-order valence-corrected chi connectivity index (χ4v) is 1.47. The monoisotopic (exact) mass is 275 g/mol. The summed E-state index contributed by atoms with van der Waals surface area (Å²) in [5.74, 6) is -0.493. The molecule has 1 N–H and O–H groups in total. The summed E-state index contributed by atoms with van der Waals surface area (Å²) in [6, 6.07) is 6.27. The zero-order valence-electron chi connectivity index (χ0n) is 10.8. The normalized spacial score (nSPS) is 10.7. The van der Waals surface area contributed by atoms with Gasteiger partial charge in [-0.05, 0) is 31.5 Å². The molecule has 1 aromatic carbocycles. The average molecular weight is 276 g/mol. The van der Waals surface area contributed by atoms with Crippen molar-refractivity contribution in [1.29, 1.82) is 0 Å². The van der Waals surface area contributed by atoms with Crippen LogP contribution in [0.1, 0.15) is 19.4 Å². The van der Waals surface area contributed by atoms with Crippen LogP contribution in [0.5, 0.6) is 0 Å². The first-order valence-corrected chi connectivity index (χ1v) is 5.49. The minimum atomic E-state index is -0.561. The molecule has 1 rings (SSSR count). The lowest BCUT2D eigenvalue weighted by atomic mass is 9.94. The predicted octanol–water partition coefficient (Wildman–Crippen LogP) is 2.54. The molecule has 0 spiro atoms. The lowest BCUT2D eigenvalue weighted by Gasteiger charge is -2.21. The lowest BCUT2D eigenvalue weighted by Crippen LogP contribution is -2.36. The third kappa shape index (κ3) is 5.02. The molecular weight excluding hydrogens is 257 g/mol. The number of rotatable bonds is 5. The van der Waals surface area contributed by atoms with Crippen LogP contribution in [0.4, 0.5) is 4.39 Å². The summed E-state index contributed by atoms with van der Waals surface area (Å²) in [6.45, 7) is 4.74. The molecule has 0 atom stereocenters. The Bertz CT molecular complexity index is 379. The van der Waals surface area contributed by atoms with Gasteiger partial charge in [-0.25, -0.2) is 4.39 Å². The number of hydrogen-bond donors (Lipinski definition) is 1. The van der Waals surface area contributed by atoms with Crippen molar-refractivity contribution in [3.05, 3.63) is 35.6 Å². The summed E-state index contributed by atoms with van der Waals surface area (Å²) >= 11 is 0. The third-order valence-electron chi connectivity index (χ3n) is 2.55. The van der Waals surface area contributed by atoms with Gasteiger partial charge in [-0.2, -0.15) is 0 Å². The van der Waals surface area contributed by atoms with Gasteiger partial charge in [-0.3, -0.25) is 4.79 Å². The number of carbonyl (C=O) groups is 1. The van der Waals surface area contributed by atoms with Crippen molar-refractivity contribution in [2.24, 2.45) is 5.41 Å². The highest BCUT2D eigenvalue weighted by atomic mass is 35.5. The summed E-state index contributed by atoms with van der Waals surface area (Å²) < 4.78 is 17.4. The van der Waals surface area contributed by atoms with Crippen LogP contribution in [0.15, 0.2) is 24.3 Å². The molecule has 1 aromatic rings. The fraction of sp³-hybridized carbons (Fsp3) is 0.462. The number of methoxy groups -OCH3 is 1. The van der Waals surface area contributed by atoms with E-state index in [2.05, 4.69) is 5.32 Å². The quantitative estimate of drug-likeness (QED) is 0.840. The van der Waals surface area contributed by atoms with Gasteiger partial charge in [0.05, 0.1) is 12.5 Å². The minimum Gasteiger partial charge on any atom is -0.469 e. The van der Waals surface area contributed by atoms with Crippen LogP contribution < -0.4 is 5.32 Å². The topological polar surface area (TPSA) is 38.3 Å². The number of halogens is 2. The maximum Gasteiger partial charge on any atom is 0.312 e. The molecule has 0 aromatic heterocycles. The summed E-state index contributed by atoms with van der Waals surface area (Å²) in [7, 11) is 1.38.